The maximum absolute atomic E-state index is 12.6. The smallest absolute Gasteiger partial charge is 0.326 e. The maximum Gasteiger partial charge on any atom is 0.326 e. The molecule has 2 rings (SSSR count). The van der Waals surface area contributed by atoms with Crippen molar-refractivity contribution in [2.75, 3.05) is 6.54 Å². The van der Waals surface area contributed by atoms with Gasteiger partial charge in [-0.25, -0.2) is 9.59 Å². The number of aliphatic hydroxyl groups is 2. The van der Waals surface area contributed by atoms with Crippen LogP contribution >= 0.6 is 0 Å². The van der Waals surface area contributed by atoms with Crippen molar-refractivity contribution >= 4 is 17.9 Å². The summed E-state index contributed by atoms with van der Waals surface area (Å²) >= 11 is 0. The molecule has 3 unspecified atom stereocenters. The number of nitrogens with two attached hydrogens (primary N) is 2. The van der Waals surface area contributed by atoms with Crippen molar-refractivity contribution in [3.63, 3.8) is 0 Å². The van der Waals surface area contributed by atoms with Crippen molar-refractivity contribution in [1.82, 2.24) is 20.4 Å². The summed E-state index contributed by atoms with van der Waals surface area (Å²) in [5, 5.41) is 38.5. The molecule has 0 radical (unpaired) electrons. The number of carbonyl (C=O) groups is 3. The molecule has 3 amide bonds. The third-order valence-corrected chi connectivity index (χ3v) is 4.36. The van der Waals surface area contributed by atoms with Crippen LogP contribution in [0.3, 0.4) is 0 Å². The van der Waals surface area contributed by atoms with E-state index in [1.807, 2.05) is 0 Å². The van der Waals surface area contributed by atoms with Crippen LogP contribution < -0.4 is 16.8 Å². The number of primary amides is 1. The summed E-state index contributed by atoms with van der Waals surface area (Å²) in [6.45, 7) is 1.28. The summed E-state index contributed by atoms with van der Waals surface area (Å²) in [7, 11) is 0. The fraction of sp³-hybridized carbons (Fsp3) is 0.667. The molecule has 1 aromatic heterocycles. The molecule has 0 spiro atoms. The Balaban J connectivity index is 2.18. The van der Waals surface area contributed by atoms with Crippen molar-refractivity contribution in [1.29, 1.82) is 0 Å². The topological polar surface area (TPSA) is 218 Å². The van der Waals surface area contributed by atoms with Gasteiger partial charge < -0.3 is 41.4 Å². The second kappa shape index (κ2) is 8.95. The Labute approximate surface area is 159 Å². The predicted molar refractivity (Wildman–Crippen MR) is 91.4 cm³/mol. The van der Waals surface area contributed by atoms with Crippen molar-refractivity contribution in [2.45, 2.75) is 56.5 Å². The molecular weight excluding hydrogens is 376 g/mol. The molecule has 0 aromatic carbocycles. The first-order chi connectivity index (χ1) is 13.1. The van der Waals surface area contributed by atoms with E-state index < -0.39 is 48.2 Å². The number of hydrogen-bond donors (Lipinski definition) is 6. The highest BCUT2D eigenvalue weighted by Gasteiger charge is 2.40. The second-order valence-corrected chi connectivity index (χ2v) is 6.65. The molecule has 1 aliphatic rings. The molecule has 1 aliphatic heterocycles. The van der Waals surface area contributed by atoms with Gasteiger partial charge in [0.05, 0.1) is 12.2 Å². The Bertz CT molecular complexity index is 723. The minimum Gasteiger partial charge on any atom is -0.480 e. The van der Waals surface area contributed by atoms with E-state index in [0.29, 0.717) is 0 Å². The van der Waals surface area contributed by atoms with Gasteiger partial charge in [0, 0.05) is 19.4 Å². The van der Waals surface area contributed by atoms with Gasteiger partial charge in [0.1, 0.15) is 18.1 Å². The van der Waals surface area contributed by atoms with E-state index in [-0.39, 0.29) is 37.6 Å². The highest BCUT2D eigenvalue weighted by molar-refractivity contribution is 5.83. The quantitative estimate of drug-likeness (QED) is 0.281. The molecular formula is C15H24N6O7. The number of nitrogens with zero attached hydrogens (tertiary/aromatic N) is 3. The zero-order valence-corrected chi connectivity index (χ0v) is 15.2. The lowest BCUT2D eigenvalue weighted by Gasteiger charge is -2.24. The van der Waals surface area contributed by atoms with Crippen LogP contribution in [0.2, 0.25) is 0 Å². The molecule has 0 bridgehead atoms. The molecule has 1 saturated heterocycles. The largest absolute Gasteiger partial charge is 0.480 e. The number of aliphatic carboxylic acids is 1. The normalized spacial score (nSPS) is 22.5. The number of hydrogen-bond acceptors (Lipinski definition) is 9. The number of β-amino-alcohol motifs (C(OH)–C–C–N with tert-alkyl or cyclic N) is 1. The first-order valence-corrected chi connectivity index (χ1v) is 8.63. The van der Waals surface area contributed by atoms with Crippen LogP contribution in [-0.2, 0) is 9.59 Å². The van der Waals surface area contributed by atoms with E-state index in [1.54, 1.807) is 0 Å². The zero-order chi connectivity index (χ0) is 21.0. The fourth-order valence-electron chi connectivity index (χ4n) is 2.78. The van der Waals surface area contributed by atoms with E-state index in [9.17, 15) is 29.7 Å². The first-order valence-electron chi connectivity index (χ1n) is 8.63. The minimum atomic E-state index is -1.25. The van der Waals surface area contributed by atoms with Crippen LogP contribution in [0.5, 0.6) is 0 Å². The number of rotatable bonds is 8. The monoisotopic (exact) mass is 400 g/mol. The van der Waals surface area contributed by atoms with E-state index >= 15 is 0 Å². The highest BCUT2D eigenvalue weighted by atomic mass is 16.4. The lowest BCUT2D eigenvalue weighted by molar-refractivity contribution is -0.141. The number of aliphatic hydroxyl groups excluding tert-OH is 2. The van der Waals surface area contributed by atoms with E-state index in [2.05, 4.69) is 15.5 Å². The molecule has 2 heterocycles. The summed E-state index contributed by atoms with van der Waals surface area (Å²) in [6, 6.07) is -3.86. The van der Waals surface area contributed by atoms with Crippen molar-refractivity contribution in [2.24, 2.45) is 11.5 Å². The van der Waals surface area contributed by atoms with Gasteiger partial charge in [-0.15, -0.1) is 10.2 Å². The van der Waals surface area contributed by atoms with Crippen molar-refractivity contribution in [3.05, 3.63) is 11.8 Å². The Hall–Kier alpha value is -2.77. The van der Waals surface area contributed by atoms with Crippen molar-refractivity contribution < 1.29 is 34.1 Å². The Morgan fingerprint density at radius 1 is 1.36 bits per heavy atom. The van der Waals surface area contributed by atoms with Gasteiger partial charge in [-0.05, 0) is 13.3 Å². The third kappa shape index (κ3) is 5.15. The molecule has 13 nitrogen and oxygen atoms in total. The SMILES string of the molecule is CC(O)C(N)c1nnc(C(CCC(N)=O)NC(=O)N2C[C@H](O)C[C@H]2C(=O)O)o1. The van der Waals surface area contributed by atoms with E-state index in [4.69, 9.17) is 15.9 Å². The van der Waals surface area contributed by atoms with E-state index in [1.165, 1.54) is 6.92 Å². The average molecular weight is 400 g/mol. The van der Waals surface area contributed by atoms with Crippen molar-refractivity contribution in [3.8, 4) is 0 Å². The summed E-state index contributed by atoms with van der Waals surface area (Å²) in [5.41, 5.74) is 10.9. The molecule has 13 heteroatoms. The summed E-state index contributed by atoms with van der Waals surface area (Å²) in [6.07, 6.45) is -2.12. The van der Waals surface area contributed by atoms with Crippen LogP contribution in [0.1, 0.15) is 50.1 Å². The highest BCUT2D eigenvalue weighted by Crippen LogP contribution is 2.23. The zero-order valence-electron chi connectivity index (χ0n) is 15.2. The first kappa shape index (κ1) is 21.5. The number of carboxylic acids is 1. The molecule has 5 atom stereocenters. The number of carboxylic acid groups (broad SMARTS) is 1. The third-order valence-electron chi connectivity index (χ3n) is 4.36. The predicted octanol–water partition coefficient (Wildman–Crippen LogP) is -2.01. The number of carbonyl (C=O) groups excluding carboxylic acids is 2. The molecule has 8 N–H and O–H groups in total. The second-order valence-electron chi connectivity index (χ2n) is 6.65. The van der Waals surface area contributed by atoms with Crippen LogP contribution in [-0.4, -0.2) is 73.1 Å². The fourth-order valence-corrected chi connectivity index (χ4v) is 2.78. The molecule has 0 aliphatic carbocycles. The van der Waals surface area contributed by atoms with Crippen LogP contribution in [0.25, 0.3) is 0 Å². The Kier molecular flexibility index (Phi) is 6.88. The molecule has 0 saturated carbocycles. The molecule has 156 valence electrons. The lowest BCUT2D eigenvalue weighted by atomic mass is 10.1. The van der Waals surface area contributed by atoms with Gasteiger partial charge in [-0.3, -0.25) is 4.79 Å². The van der Waals surface area contributed by atoms with Gasteiger partial charge in [0.2, 0.25) is 17.7 Å². The van der Waals surface area contributed by atoms with E-state index in [0.717, 1.165) is 4.90 Å². The maximum atomic E-state index is 12.6. The molecule has 1 fully saturated rings. The van der Waals surface area contributed by atoms with Crippen LogP contribution in [0.4, 0.5) is 4.79 Å². The van der Waals surface area contributed by atoms with Crippen LogP contribution in [0, 0.1) is 0 Å². The number of amides is 3. The summed E-state index contributed by atoms with van der Waals surface area (Å²) in [4.78, 5) is 36.0. The number of nitrogens with one attached hydrogen (secondary N) is 1. The van der Waals surface area contributed by atoms with Gasteiger partial charge >= 0.3 is 12.0 Å². The molecule has 28 heavy (non-hydrogen) atoms. The molecule has 1 aromatic rings. The van der Waals surface area contributed by atoms with Gasteiger partial charge in [-0.1, -0.05) is 0 Å². The van der Waals surface area contributed by atoms with Crippen LogP contribution in [0.15, 0.2) is 4.42 Å². The van der Waals surface area contributed by atoms with Gasteiger partial charge in [0.15, 0.2) is 0 Å². The lowest BCUT2D eigenvalue weighted by Crippen LogP contribution is -2.47. The Morgan fingerprint density at radius 3 is 2.57 bits per heavy atom. The summed E-state index contributed by atoms with van der Waals surface area (Å²) < 4.78 is 5.40. The number of urea groups is 1. The minimum absolute atomic E-state index is 0.0146. The standard InChI is InChI=1S/C15H24N6O7/c1-6(22)11(17)13-20-19-12(28-13)8(2-3-10(16)24)18-15(27)21-5-7(23)4-9(21)14(25)26/h6-9,11,22-23H,2-5,17H2,1H3,(H2,16,24)(H,18,27)(H,25,26)/t6?,7-,8?,9+,11?/m1/s1. The average Bonchev–Trinajstić information content (AvgIpc) is 3.24. The Morgan fingerprint density at radius 2 is 2.00 bits per heavy atom. The van der Waals surface area contributed by atoms with Gasteiger partial charge in [-0.2, -0.15) is 0 Å². The summed E-state index contributed by atoms with van der Waals surface area (Å²) in [5.74, 6) is -2.02. The number of aromatic nitrogens is 2. The van der Waals surface area contributed by atoms with Gasteiger partial charge in [0.25, 0.3) is 0 Å². The number of likely N-dealkylation sites (tertiary alicyclic amines) is 1.